The number of rotatable bonds is 5. The first-order valence-corrected chi connectivity index (χ1v) is 5.32. The minimum absolute atomic E-state index is 0.231. The van der Waals surface area contributed by atoms with E-state index in [0.29, 0.717) is 16.1 Å². The lowest BCUT2D eigenvalue weighted by molar-refractivity contribution is 0.147. The number of nitrogen functional groups attached to an aromatic ring is 1. The predicted molar refractivity (Wildman–Crippen MR) is 63.7 cm³/mol. The smallest absolute Gasteiger partial charge is 0.159 e. The summed E-state index contributed by atoms with van der Waals surface area (Å²) in [4.78, 5) is 7.86. The Labute approximate surface area is 101 Å². The number of hydrogen-bond donors (Lipinski definition) is 5. The number of nitrogens with one attached hydrogen (secondary N) is 2. The average Bonchev–Trinajstić information content (AvgIpc) is 2.32. The fourth-order valence-electron chi connectivity index (χ4n) is 0.973. The molecular formula is C8H14BrN5O2. The highest BCUT2D eigenvalue weighted by molar-refractivity contribution is 9.10. The van der Waals surface area contributed by atoms with Crippen molar-refractivity contribution in [2.75, 3.05) is 24.0 Å². The molecule has 0 spiro atoms. The Morgan fingerprint density at radius 2 is 1.94 bits per heavy atom. The molecule has 1 aromatic rings. The van der Waals surface area contributed by atoms with Gasteiger partial charge in [0.25, 0.3) is 0 Å². The number of nitrogens with zero attached hydrogens (tertiary/aromatic N) is 2. The van der Waals surface area contributed by atoms with Crippen molar-refractivity contribution in [1.82, 2.24) is 9.97 Å². The van der Waals surface area contributed by atoms with E-state index in [4.69, 9.17) is 16.1 Å². The van der Waals surface area contributed by atoms with E-state index >= 15 is 0 Å². The first kappa shape index (κ1) is 13.1. The van der Waals surface area contributed by atoms with Gasteiger partial charge < -0.3 is 21.0 Å². The number of nitrogens with two attached hydrogens (primary N) is 1. The van der Waals surface area contributed by atoms with Crippen LogP contribution < -0.4 is 16.6 Å². The van der Waals surface area contributed by atoms with Crippen LogP contribution in [0.4, 0.5) is 11.6 Å². The summed E-state index contributed by atoms with van der Waals surface area (Å²) in [7, 11) is 0. The van der Waals surface area contributed by atoms with Crippen LogP contribution in [0.1, 0.15) is 6.92 Å². The van der Waals surface area contributed by atoms with Crippen LogP contribution in [-0.2, 0) is 0 Å². The van der Waals surface area contributed by atoms with Crippen LogP contribution in [0, 0.1) is 0 Å². The van der Waals surface area contributed by atoms with Crippen molar-refractivity contribution in [2.45, 2.75) is 12.5 Å². The molecule has 1 heterocycles. The second-order valence-electron chi connectivity index (χ2n) is 3.53. The van der Waals surface area contributed by atoms with Gasteiger partial charge in [0.15, 0.2) is 5.82 Å². The van der Waals surface area contributed by atoms with Crippen molar-refractivity contribution in [1.29, 1.82) is 0 Å². The van der Waals surface area contributed by atoms with Crippen molar-refractivity contribution in [2.24, 2.45) is 5.84 Å². The number of aliphatic hydroxyl groups is 2. The second kappa shape index (κ2) is 5.39. The zero-order valence-electron chi connectivity index (χ0n) is 8.74. The van der Waals surface area contributed by atoms with Crippen LogP contribution >= 0.6 is 15.9 Å². The van der Waals surface area contributed by atoms with Crippen molar-refractivity contribution in [3.05, 3.63) is 10.8 Å². The van der Waals surface area contributed by atoms with Crippen LogP contribution in [0.15, 0.2) is 10.8 Å². The Morgan fingerprint density at radius 3 is 2.44 bits per heavy atom. The molecule has 0 aliphatic rings. The first-order chi connectivity index (χ1) is 7.56. The molecule has 16 heavy (non-hydrogen) atoms. The monoisotopic (exact) mass is 291 g/mol. The molecule has 90 valence electrons. The first-order valence-electron chi connectivity index (χ1n) is 4.53. The molecule has 1 rings (SSSR count). The number of aliphatic hydroxyl groups excluding tert-OH is 2. The molecule has 0 unspecified atom stereocenters. The van der Waals surface area contributed by atoms with E-state index in [9.17, 15) is 0 Å². The minimum atomic E-state index is -0.858. The Kier molecular flexibility index (Phi) is 4.42. The third-order valence-electron chi connectivity index (χ3n) is 2.04. The van der Waals surface area contributed by atoms with Gasteiger partial charge in [0, 0.05) is 0 Å². The summed E-state index contributed by atoms with van der Waals surface area (Å²) in [6, 6.07) is 0. The summed E-state index contributed by atoms with van der Waals surface area (Å²) < 4.78 is 0.533. The van der Waals surface area contributed by atoms with Gasteiger partial charge in [-0.1, -0.05) is 0 Å². The van der Waals surface area contributed by atoms with Crippen molar-refractivity contribution in [3.63, 3.8) is 0 Å². The maximum Gasteiger partial charge on any atom is 0.159 e. The van der Waals surface area contributed by atoms with Gasteiger partial charge in [-0.25, -0.2) is 15.8 Å². The lowest BCUT2D eigenvalue weighted by Gasteiger charge is -2.27. The quantitative estimate of drug-likeness (QED) is 0.373. The number of aromatic nitrogens is 2. The van der Waals surface area contributed by atoms with Gasteiger partial charge in [0.05, 0.1) is 18.8 Å². The summed E-state index contributed by atoms with van der Waals surface area (Å²) in [5.41, 5.74) is 1.54. The molecule has 0 radical (unpaired) electrons. The van der Waals surface area contributed by atoms with Crippen LogP contribution in [0.3, 0.4) is 0 Å². The van der Waals surface area contributed by atoms with Crippen molar-refractivity contribution >= 4 is 27.6 Å². The highest BCUT2D eigenvalue weighted by atomic mass is 79.9. The molecule has 0 saturated carbocycles. The summed E-state index contributed by atoms with van der Waals surface area (Å²) >= 11 is 3.26. The van der Waals surface area contributed by atoms with Crippen LogP contribution in [0.2, 0.25) is 0 Å². The zero-order valence-corrected chi connectivity index (χ0v) is 10.3. The minimum Gasteiger partial charge on any atom is -0.394 e. The van der Waals surface area contributed by atoms with Gasteiger partial charge in [0.1, 0.15) is 16.6 Å². The summed E-state index contributed by atoms with van der Waals surface area (Å²) in [5.74, 6) is 6.10. The zero-order chi connectivity index (χ0) is 12.2. The van der Waals surface area contributed by atoms with Crippen LogP contribution in [0.25, 0.3) is 0 Å². The fraction of sp³-hybridized carbons (Fsp3) is 0.500. The summed E-state index contributed by atoms with van der Waals surface area (Å²) in [5, 5.41) is 21.2. The van der Waals surface area contributed by atoms with Gasteiger partial charge in [-0.3, -0.25) is 0 Å². The summed E-state index contributed by atoms with van der Waals surface area (Å²) in [6.07, 6.45) is 1.32. The van der Waals surface area contributed by atoms with E-state index in [1.165, 1.54) is 6.33 Å². The number of anilines is 2. The normalized spacial score (nSPS) is 11.3. The highest BCUT2D eigenvalue weighted by Gasteiger charge is 2.24. The summed E-state index contributed by atoms with van der Waals surface area (Å²) in [6.45, 7) is 1.20. The Bertz CT molecular complexity index is 358. The second-order valence-corrected chi connectivity index (χ2v) is 4.32. The highest BCUT2D eigenvalue weighted by Crippen LogP contribution is 2.27. The average molecular weight is 292 g/mol. The van der Waals surface area contributed by atoms with Gasteiger partial charge >= 0.3 is 0 Å². The fourth-order valence-corrected chi connectivity index (χ4v) is 1.39. The molecule has 1 aromatic heterocycles. The molecule has 6 N–H and O–H groups in total. The van der Waals surface area contributed by atoms with Gasteiger partial charge in [-0.05, 0) is 22.9 Å². The van der Waals surface area contributed by atoms with E-state index in [1.54, 1.807) is 6.92 Å². The Balaban J connectivity index is 2.97. The molecule has 7 nitrogen and oxygen atoms in total. The predicted octanol–water partition coefficient (Wildman–Crippen LogP) is -0.320. The number of halogens is 1. The van der Waals surface area contributed by atoms with Crippen molar-refractivity contribution in [3.8, 4) is 0 Å². The van der Waals surface area contributed by atoms with Gasteiger partial charge in [0.2, 0.25) is 0 Å². The molecule has 0 atom stereocenters. The van der Waals surface area contributed by atoms with Crippen LogP contribution in [0.5, 0.6) is 0 Å². The third kappa shape index (κ3) is 2.79. The van der Waals surface area contributed by atoms with E-state index in [0.717, 1.165) is 0 Å². The molecule has 0 saturated heterocycles. The van der Waals surface area contributed by atoms with Crippen molar-refractivity contribution < 1.29 is 10.2 Å². The van der Waals surface area contributed by atoms with E-state index < -0.39 is 5.54 Å². The standard InChI is InChI=1S/C8H14BrN5O2/c1-8(2-15,3-16)13-6-5(9)7(14-10)12-4-11-6/h4,15-16H,2-3,10H2,1H3,(H2,11,12,13,14). The molecule has 0 amide bonds. The molecule has 0 aromatic carbocycles. The Morgan fingerprint density at radius 1 is 1.38 bits per heavy atom. The van der Waals surface area contributed by atoms with Gasteiger partial charge in [-0.2, -0.15) is 0 Å². The molecule has 0 bridgehead atoms. The molecular weight excluding hydrogens is 278 g/mol. The molecule has 0 aliphatic heterocycles. The molecule has 8 heteroatoms. The molecule has 0 aliphatic carbocycles. The van der Waals surface area contributed by atoms with E-state index in [1.807, 2.05) is 0 Å². The third-order valence-corrected chi connectivity index (χ3v) is 2.80. The topological polar surface area (TPSA) is 116 Å². The van der Waals surface area contributed by atoms with Gasteiger partial charge in [-0.15, -0.1) is 0 Å². The maximum atomic E-state index is 9.14. The van der Waals surface area contributed by atoms with E-state index in [2.05, 4.69) is 36.6 Å². The maximum absolute atomic E-state index is 9.14. The number of hydrogen-bond acceptors (Lipinski definition) is 7. The largest absolute Gasteiger partial charge is 0.394 e. The Hall–Kier alpha value is -0.960. The van der Waals surface area contributed by atoms with Crippen LogP contribution in [-0.4, -0.2) is 38.9 Å². The number of hydrazine groups is 1. The molecule has 0 fully saturated rings. The lowest BCUT2D eigenvalue weighted by atomic mass is 10.1. The SMILES string of the molecule is CC(CO)(CO)Nc1ncnc(NN)c1Br. The van der Waals surface area contributed by atoms with E-state index in [-0.39, 0.29) is 13.2 Å². The lowest BCUT2D eigenvalue weighted by Crippen LogP contribution is -2.43.